The molecule has 0 bridgehead atoms. The van der Waals surface area contributed by atoms with Crippen molar-refractivity contribution >= 4 is 0 Å². The lowest BCUT2D eigenvalue weighted by atomic mass is 9.92. The van der Waals surface area contributed by atoms with E-state index in [1.807, 2.05) is 6.20 Å². The Bertz CT molecular complexity index is 773. The summed E-state index contributed by atoms with van der Waals surface area (Å²) in [5, 5.41) is 7.65. The summed E-state index contributed by atoms with van der Waals surface area (Å²) in [6.07, 6.45) is 7.11. The van der Waals surface area contributed by atoms with Crippen molar-refractivity contribution in [3.05, 3.63) is 29.6 Å². The van der Waals surface area contributed by atoms with Crippen molar-refractivity contribution in [2.24, 2.45) is 0 Å². The van der Waals surface area contributed by atoms with Crippen LogP contribution in [-0.4, -0.2) is 46.3 Å². The van der Waals surface area contributed by atoms with E-state index in [0.29, 0.717) is 5.92 Å². The molecule has 2 fully saturated rings. The zero-order valence-electron chi connectivity index (χ0n) is 16.4. The van der Waals surface area contributed by atoms with Crippen LogP contribution in [0.1, 0.15) is 63.6 Å². The number of ether oxygens (including phenoxy) is 1. The maximum absolute atomic E-state index is 6.47. The first-order chi connectivity index (χ1) is 12.4. The molecule has 0 radical (unpaired) electrons. The average molecular weight is 354 g/mol. The molecule has 2 aliphatic rings. The third-order valence-corrected chi connectivity index (χ3v) is 5.44. The molecule has 1 atom stereocenters. The van der Waals surface area contributed by atoms with E-state index in [4.69, 9.17) is 9.72 Å². The van der Waals surface area contributed by atoms with Crippen molar-refractivity contribution in [2.75, 3.05) is 20.1 Å². The van der Waals surface area contributed by atoms with Crippen molar-refractivity contribution in [3.8, 4) is 17.1 Å². The van der Waals surface area contributed by atoms with Gasteiger partial charge in [-0.2, -0.15) is 5.10 Å². The second-order valence-electron chi connectivity index (χ2n) is 8.94. The second-order valence-corrected chi connectivity index (χ2v) is 8.94. The van der Waals surface area contributed by atoms with Crippen LogP contribution in [0.5, 0.6) is 5.75 Å². The van der Waals surface area contributed by atoms with Gasteiger partial charge in [-0.3, -0.25) is 10.1 Å². The summed E-state index contributed by atoms with van der Waals surface area (Å²) in [6.45, 7) is 8.71. The number of likely N-dealkylation sites (tertiary alicyclic amines) is 1. The SMILES string of the molecule is CN1CCCC(Oc2cc(-c3cc(C(C)(C)C)[nH]n3)ncc2C2CC2)C1. The Hall–Kier alpha value is -1.88. The average Bonchev–Trinajstić information content (AvgIpc) is 3.29. The number of rotatable bonds is 4. The molecule has 1 saturated carbocycles. The van der Waals surface area contributed by atoms with Crippen molar-refractivity contribution in [2.45, 2.75) is 63.9 Å². The van der Waals surface area contributed by atoms with E-state index < -0.39 is 0 Å². The van der Waals surface area contributed by atoms with Gasteiger partial charge < -0.3 is 9.64 Å². The number of aromatic amines is 1. The predicted molar refractivity (Wildman–Crippen MR) is 104 cm³/mol. The van der Waals surface area contributed by atoms with Gasteiger partial charge in [0.25, 0.3) is 0 Å². The van der Waals surface area contributed by atoms with Crippen molar-refractivity contribution < 1.29 is 4.74 Å². The summed E-state index contributed by atoms with van der Waals surface area (Å²) >= 11 is 0. The van der Waals surface area contributed by atoms with Gasteiger partial charge in [0.05, 0.1) is 5.69 Å². The minimum atomic E-state index is 0.0468. The summed E-state index contributed by atoms with van der Waals surface area (Å²) in [6, 6.07) is 4.21. The molecule has 26 heavy (non-hydrogen) atoms. The van der Waals surface area contributed by atoms with E-state index in [1.54, 1.807) is 0 Å². The van der Waals surface area contributed by atoms with E-state index in [-0.39, 0.29) is 11.5 Å². The fraction of sp³-hybridized carbons (Fsp3) is 0.619. The molecule has 0 spiro atoms. The fourth-order valence-electron chi connectivity index (χ4n) is 3.62. The second kappa shape index (κ2) is 6.69. The van der Waals surface area contributed by atoms with E-state index >= 15 is 0 Å². The summed E-state index contributed by atoms with van der Waals surface area (Å²) in [5.74, 6) is 1.63. The van der Waals surface area contributed by atoms with Crippen LogP contribution in [0.15, 0.2) is 18.3 Å². The Morgan fingerprint density at radius 1 is 1.15 bits per heavy atom. The highest BCUT2D eigenvalue weighted by Gasteiger charge is 2.29. The third-order valence-electron chi connectivity index (χ3n) is 5.44. The molecule has 5 heteroatoms. The summed E-state index contributed by atoms with van der Waals surface area (Å²) in [5.41, 5.74) is 4.22. The number of pyridine rings is 1. The van der Waals surface area contributed by atoms with Gasteiger partial charge in [-0.15, -0.1) is 0 Å². The molecular weight excluding hydrogens is 324 g/mol. The van der Waals surface area contributed by atoms with Crippen molar-refractivity contribution in [1.82, 2.24) is 20.1 Å². The first kappa shape index (κ1) is 17.5. The van der Waals surface area contributed by atoms with Crippen molar-refractivity contribution in [1.29, 1.82) is 0 Å². The minimum Gasteiger partial charge on any atom is -0.489 e. The lowest BCUT2D eigenvalue weighted by Crippen LogP contribution is -2.38. The van der Waals surface area contributed by atoms with Crippen LogP contribution in [0, 0.1) is 0 Å². The van der Waals surface area contributed by atoms with Gasteiger partial charge in [0.15, 0.2) is 0 Å². The topological polar surface area (TPSA) is 54.0 Å². The zero-order valence-corrected chi connectivity index (χ0v) is 16.4. The first-order valence-corrected chi connectivity index (χ1v) is 9.81. The van der Waals surface area contributed by atoms with Gasteiger partial charge in [-0.1, -0.05) is 20.8 Å². The molecule has 1 unspecified atom stereocenters. The van der Waals surface area contributed by atoms with Crippen LogP contribution in [-0.2, 0) is 5.41 Å². The molecule has 1 aliphatic carbocycles. The quantitative estimate of drug-likeness (QED) is 0.897. The number of nitrogens with one attached hydrogen (secondary N) is 1. The lowest BCUT2D eigenvalue weighted by Gasteiger charge is -2.30. The number of H-pyrrole nitrogens is 1. The normalized spacial score (nSPS) is 21.8. The molecule has 140 valence electrons. The van der Waals surface area contributed by atoms with Gasteiger partial charge in [0, 0.05) is 35.5 Å². The number of aromatic nitrogens is 3. The molecule has 1 N–H and O–H groups in total. The highest BCUT2D eigenvalue weighted by Crippen LogP contribution is 2.45. The highest BCUT2D eigenvalue weighted by atomic mass is 16.5. The van der Waals surface area contributed by atoms with E-state index in [9.17, 15) is 0 Å². The summed E-state index contributed by atoms with van der Waals surface area (Å²) < 4.78 is 6.47. The molecule has 1 saturated heterocycles. The Morgan fingerprint density at radius 3 is 2.62 bits per heavy atom. The standard InChI is InChI=1S/C21H30N4O/c1-21(2,3)20-11-18(23-24-20)17-10-19(16(12-22-17)14-7-8-14)26-15-6-5-9-25(4)13-15/h10-12,14-15H,5-9,13H2,1-4H3,(H,23,24). The Kier molecular flexibility index (Phi) is 4.51. The number of hydrogen-bond donors (Lipinski definition) is 1. The molecule has 4 rings (SSSR count). The van der Waals surface area contributed by atoms with Gasteiger partial charge in [0.2, 0.25) is 0 Å². The number of piperidine rings is 1. The predicted octanol–water partition coefficient (Wildman–Crippen LogP) is 4.12. The Morgan fingerprint density at radius 2 is 1.96 bits per heavy atom. The van der Waals surface area contributed by atoms with Crippen LogP contribution in [0.25, 0.3) is 11.4 Å². The van der Waals surface area contributed by atoms with Crippen molar-refractivity contribution in [3.63, 3.8) is 0 Å². The summed E-state index contributed by atoms with van der Waals surface area (Å²) in [7, 11) is 2.17. The van der Waals surface area contributed by atoms with Gasteiger partial charge in [-0.25, -0.2) is 0 Å². The van der Waals surface area contributed by atoms with E-state index in [2.05, 4.69) is 55.0 Å². The van der Waals surface area contributed by atoms with E-state index in [1.165, 1.54) is 31.4 Å². The maximum atomic E-state index is 6.47. The monoisotopic (exact) mass is 354 g/mol. The zero-order chi connectivity index (χ0) is 18.3. The highest BCUT2D eigenvalue weighted by molar-refractivity contribution is 5.58. The van der Waals surface area contributed by atoms with E-state index in [0.717, 1.165) is 35.8 Å². The van der Waals surface area contributed by atoms with Crippen LogP contribution < -0.4 is 4.74 Å². The van der Waals surface area contributed by atoms with Crippen LogP contribution in [0.2, 0.25) is 0 Å². The first-order valence-electron chi connectivity index (χ1n) is 9.81. The number of nitrogens with zero attached hydrogens (tertiary/aromatic N) is 3. The molecule has 0 amide bonds. The fourth-order valence-corrected chi connectivity index (χ4v) is 3.62. The Balaban J connectivity index is 1.61. The maximum Gasteiger partial charge on any atom is 0.127 e. The molecule has 2 aromatic rings. The lowest BCUT2D eigenvalue weighted by molar-refractivity contribution is 0.103. The molecule has 5 nitrogen and oxygen atoms in total. The van der Waals surface area contributed by atoms with Gasteiger partial charge in [0.1, 0.15) is 17.5 Å². The largest absolute Gasteiger partial charge is 0.489 e. The molecule has 3 heterocycles. The smallest absolute Gasteiger partial charge is 0.127 e. The molecular formula is C21H30N4O. The molecule has 1 aliphatic heterocycles. The minimum absolute atomic E-state index is 0.0468. The molecule has 2 aromatic heterocycles. The third kappa shape index (κ3) is 3.78. The number of hydrogen-bond acceptors (Lipinski definition) is 4. The van der Waals surface area contributed by atoms with Gasteiger partial charge >= 0.3 is 0 Å². The number of likely N-dealkylation sites (N-methyl/N-ethyl adjacent to an activating group) is 1. The summed E-state index contributed by atoms with van der Waals surface area (Å²) in [4.78, 5) is 7.06. The van der Waals surface area contributed by atoms with Crippen LogP contribution in [0.3, 0.4) is 0 Å². The van der Waals surface area contributed by atoms with Crippen LogP contribution >= 0.6 is 0 Å². The van der Waals surface area contributed by atoms with Crippen LogP contribution in [0.4, 0.5) is 0 Å². The Labute approximate surface area is 156 Å². The van der Waals surface area contributed by atoms with Gasteiger partial charge in [-0.05, 0) is 51.3 Å². The molecule has 0 aromatic carbocycles.